The molecule has 1 aromatic heterocycles. The Morgan fingerprint density at radius 2 is 1.72 bits per heavy atom. The summed E-state index contributed by atoms with van der Waals surface area (Å²) in [5.41, 5.74) is 2.90. The Morgan fingerprint density at radius 1 is 1.06 bits per heavy atom. The van der Waals surface area contributed by atoms with Gasteiger partial charge >= 0.3 is 0 Å². The van der Waals surface area contributed by atoms with E-state index in [0.717, 1.165) is 37.3 Å². The van der Waals surface area contributed by atoms with Gasteiger partial charge in [0.1, 0.15) is 11.5 Å². The Balaban J connectivity index is 1.73. The summed E-state index contributed by atoms with van der Waals surface area (Å²) >= 11 is 0. The van der Waals surface area contributed by atoms with E-state index in [2.05, 4.69) is 22.0 Å². The van der Waals surface area contributed by atoms with Crippen LogP contribution in [0.3, 0.4) is 0 Å². The van der Waals surface area contributed by atoms with Crippen LogP contribution in [0.4, 0.5) is 10.3 Å². The minimum absolute atomic E-state index is 0.0287. The van der Waals surface area contributed by atoms with Crippen LogP contribution in [0.25, 0.3) is 11.3 Å². The first-order valence-corrected chi connectivity index (χ1v) is 11.0. The highest BCUT2D eigenvalue weighted by Crippen LogP contribution is 2.34. The first-order chi connectivity index (χ1) is 15.4. The van der Waals surface area contributed by atoms with Gasteiger partial charge in [0.05, 0.1) is 12.1 Å². The van der Waals surface area contributed by atoms with Crippen molar-refractivity contribution in [3.63, 3.8) is 0 Å². The van der Waals surface area contributed by atoms with Crippen LogP contribution >= 0.6 is 0 Å². The zero-order valence-corrected chi connectivity index (χ0v) is 18.8. The average molecular weight is 437 g/mol. The molecule has 6 nitrogen and oxygen atoms in total. The average Bonchev–Trinajstić information content (AvgIpc) is 3.22. The fourth-order valence-corrected chi connectivity index (χ4v) is 3.94. The van der Waals surface area contributed by atoms with Gasteiger partial charge < -0.3 is 19.2 Å². The third-order valence-corrected chi connectivity index (χ3v) is 5.91. The first-order valence-electron chi connectivity index (χ1n) is 11.0. The first kappa shape index (κ1) is 22.0. The molecule has 1 aliphatic heterocycles. The molecule has 0 bridgehead atoms. The topological polar surface area (TPSA) is 52.8 Å². The smallest absolute Gasteiger partial charge is 0.254 e. The van der Waals surface area contributed by atoms with Crippen molar-refractivity contribution in [3.05, 3.63) is 71.5 Å². The molecular formula is C25H29FN4O2. The summed E-state index contributed by atoms with van der Waals surface area (Å²) in [6.07, 6.45) is 0. The number of piperazine rings is 1. The van der Waals surface area contributed by atoms with E-state index in [1.165, 1.54) is 12.1 Å². The molecule has 0 saturated carbocycles. The molecule has 0 aliphatic carbocycles. The van der Waals surface area contributed by atoms with Crippen molar-refractivity contribution in [2.24, 2.45) is 0 Å². The molecule has 0 unspecified atom stereocenters. The third kappa shape index (κ3) is 4.67. The van der Waals surface area contributed by atoms with E-state index in [0.29, 0.717) is 23.7 Å². The Morgan fingerprint density at radius 3 is 2.34 bits per heavy atom. The van der Waals surface area contributed by atoms with E-state index in [4.69, 9.17) is 4.52 Å². The molecule has 4 rings (SSSR count). The molecule has 3 aromatic rings. The minimum atomic E-state index is -0.304. The number of amides is 1. The standard InChI is InChI=1S/C25H29FN4O2/c1-18(2)30(24(31)20-7-5-4-6-8-20)17-22-23(19-9-11-21(26)12-10-19)27-32-25(22)29-15-13-28(3)14-16-29/h4-12,18H,13-17H2,1-3H3. The zero-order chi connectivity index (χ0) is 22.7. The molecule has 32 heavy (non-hydrogen) atoms. The molecule has 1 amide bonds. The molecule has 0 radical (unpaired) electrons. The largest absolute Gasteiger partial charge is 0.338 e. The molecule has 168 valence electrons. The third-order valence-electron chi connectivity index (χ3n) is 5.91. The van der Waals surface area contributed by atoms with E-state index >= 15 is 0 Å². The van der Waals surface area contributed by atoms with Crippen molar-refractivity contribution >= 4 is 11.8 Å². The molecule has 0 N–H and O–H groups in total. The van der Waals surface area contributed by atoms with Crippen LogP contribution < -0.4 is 4.90 Å². The van der Waals surface area contributed by atoms with E-state index in [1.807, 2.05) is 49.1 Å². The normalized spacial score (nSPS) is 14.7. The van der Waals surface area contributed by atoms with Crippen molar-refractivity contribution in [1.82, 2.24) is 15.0 Å². The monoisotopic (exact) mass is 436 g/mol. The highest BCUT2D eigenvalue weighted by Gasteiger charge is 2.29. The maximum Gasteiger partial charge on any atom is 0.254 e. The predicted molar refractivity (Wildman–Crippen MR) is 123 cm³/mol. The van der Waals surface area contributed by atoms with Crippen LogP contribution in [-0.4, -0.2) is 60.1 Å². The van der Waals surface area contributed by atoms with Crippen LogP contribution in [0.15, 0.2) is 59.1 Å². The number of likely N-dealkylation sites (N-methyl/N-ethyl adjacent to an activating group) is 1. The molecule has 2 heterocycles. The molecule has 0 spiro atoms. The lowest BCUT2D eigenvalue weighted by Crippen LogP contribution is -2.45. The van der Waals surface area contributed by atoms with Gasteiger partial charge in [-0.2, -0.15) is 0 Å². The second-order valence-corrected chi connectivity index (χ2v) is 8.50. The van der Waals surface area contributed by atoms with Crippen LogP contribution in [-0.2, 0) is 6.54 Å². The van der Waals surface area contributed by atoms with E-state index in [1.54, 1.807) is 12.1 Å². The highest BCUT2D eigenvalue weighted by atomic mass is 19.1. The van der Waals surface area contributed by atoms with Crippen LogP contribution in [0.2, 0.25) is 0 Å². The molecule has 7 heteroatoms. The maximum absolute atomic E-state index is 13.5. The number of aromatic nitrogens is 1. The number of benzene rings is 2. The number of hydrogen-bond donors (Lipinski definition) is 0. The lowest BCUT2D eigenvalue weighted by molar-refractivity contribution is 0.0690. The van der Waals surface area contributed by atoms with Gasteiger partial charge in [0.15, 0.2) is 0 Å². The van der Waals surface area contributed by atoms with E-state index in [9.17, 15) is 9.18 Å². The summed E-state index contributed by atoms with van der Waals surface area (Å²) in [5.74, 6) is 0.335. The van der Waals surface area contributed by atoms with Gasteiger partial charge in [0, 0.05) is 43.3 Å². The summed E-state index contributed by atoms with van der Waals surface area (Å²) in [7, 11) is 2.10. The van der Waals surface area contributed by atoms with Gasteiger partial charge in [-0.25, -0.2) is 4.39 Å². The van der Waals surface area contributed by atoms with Crippen molar-refractivity contribution in [3.8, 4) is 11.3 Å². The molecule has 1 aliphatic rings. The number of nitrogens with zero attached hydrogens (tertiary/aromatic N) is 4. The number of anilines is 1. The fourth-order valence-electron chi connectivity index (χ4n) is 3.94. The Hall–Kier alpha value is -3.19. The Kier molecular flexibility index (Phi) is 6.55. The Labute approximate surface area is 188 Å². The SMILES string of the molecule is CC(C)N(Cc1c(-c2ccc(F)cc2)noc1N1CCN(C)CC1)C(=O)c1ccccc1. The Bertz CT molecular complexity index is 1040. The second-order valence-electron chi connectivity index (χ2n) is 8.50. The lowest BCUT2D eigenvalue weighted by Gasteiger charge is -2.33. The maximum atomic E-state index is 13.5. The molecular weight excluding hydrogens is 407 g/mol. The highest BCUT2D eigenvalue weighted by molar-refractivity contribution is 5.94. The second kappa shape index (κ2) is 9.53. The molecule has 1 saturated heterocycles. The summed E-state index contributed by atoms with van der Waals surface area (Å²) in [6, 6.07) is 15.5. The van der Waals surface area contributed by atoms with E-state index in [-0.39, 0.29) is 17.8 Å². The lowest BCUT2D eigenvalue weighted by atomic mass is 10.0. The van der Waals surface area contributed by atoms with Crippen molar-refractivity contribution in [1.29, 1.82) is 0 Å². The van der Waals surface area contributed by atoms with Gasteiger partial charge in [-0.05, 0) is 57.3 Å². The predicted octanol–water partition coefficient (Wildman–Crippen LogP) is 4.28. The van der Waals surface area contributed by atoms with Gasteiger partial charge in [-0.15, -0.1) is 0 Å². The van der Waals surface area contributed by atoms with Crippen LogP contribution in [0.5, 0.6) is 0 Å². The fraction of sp³-hybridized carbons (Fsp3) is 0.360. The number of carbonyl (C=O) groups excluding carboxylic acids is 1. The summed E-state index contributed by atoms with van der Waals surface area (Å²) in [5, 5.41) is 4.36. The number of halogens is 1. The molecule has 0 atom stereocenters. The zero-order valence-electron chi connectivity index (χ0n) is 18.8. The quantitative estimate of drug-likeness (QED) is 0.577. The van der Waals surface area contributed by atoms with Crippen molar-refractivity contribution in [2.45, 2.75) is 26.4 Å². The van der Waals surface area contributed by atoms with Crippen LogP contribution in [0, 0.1) is 5.82 Å². The summed E-state index contributed by atoms with van der Waals surface area (Å²) in [4.78, 5) is 19.6. The van der Waals surface area contributed by atoms with Crippen LogP contribution in [0.1, 0.15) is 29.8 Å². The van der Waals surface area contributed by atoms with Gasteiger partial charge in [-0.1, -0.05) is 23.4 Å². The number of carbonyl (C=O) groups is 1. The van der Waals surface area contributed by atoms with Crippen molar-refractivity contribution < 1.29 is 13.7 Å². The number of hydrogen-bond acceptors (Lipinski definition) is 5. The molecule has 1 fully saturated rings. The van der Waals surface area contributed by atoms with Gasteiger partial charge in [0.2, 0.25) is 5.88 Å². The van der Waals surface area contributed by atoms with E-state index < -0.39 is 0 Å². The molecule has 2 aromatic carbocycles. The summed E-state index contributed by atoms with van der Waals surface area (Å²) in [6.45, 7) is 7.82. The van der Waals surface area contributed by atoms with Crippen molar-refractivity contribution in [2.75, 3.05) is 38.1 Å². The minimum Gasteiger partial charge on any atom is -0.338 e. The summed E-state index contributed by atoms with van der Waals surface area (Å²) < 4.78 is 19.4. The van der Waals surface area contributed by atoms with Gasteiger partial charge in [0.25, 0.3) is 5.91 Å². The number of rotatable bonds is 6. The van der Waals surface area contributed by atoms with Gasteiger partial charge in [-0.3, -0.25) is 4.79 Å².